The predicted molar refractivity (Wildman–Crippen MR) is 68.3 cm³/mol. The molecule has 0 aromatic heterocycles. The van der Waals surface area contributed by atoms with Gasteiger partial charge in [0.05, 0.1) is 12.8 Å². The van der Waals surface area contributed by atoms with Gasteiger partial charge in [0.15, 0.2) is 0 Å². The molecule has 0 bridgehead atoms. The zero-order chi connectivity index (χ0) is 12.3. The van der Waals surface area contributed by atoms with Crippen molar-refractivity contribution in [2.45, 2.75) is 6.42 Å². The Labute approximate surface area is 100 Å². The number of phenolic OH excluding ortho intramolecular Hbond substituents is 1. The molecular formula is C14H15NO2. The summed E-state index contributed by atoms with van der Waals surface area (Å²) in [6, 6.07) is 13.1. The van der Waals surface area contributed by atoms with Crippen LogP contribution in [0.4, 0.5) is 5.69 Å². The van der Waals surface area contributed by atoms with Crippen LogP contribution in [0, 0.1) is 0 Å². The van der Waals surface area contributed by atoms with E-state index < -0.39 is 0 Å². The van der Waals surface area contributed by atoms with Gasteiger partial charge < -0.3 is 15.6 Å². The Morgan fingerprint density at radius 2 is 1.94 bits per heavy atom. The summed E-state index contributed by atoms with van der Waals surface area (Å²) in [7, 11) is 1.64. The predicted octanol–water partition coefficient (Wildman–Crippen LogP) is 2.57. The highest BCUT2D eigenvalue weighted by atomic mass is 16.5. The minimum Gasteiger partial charge on any atom is -0.506 e. The third-order valence-corrected chi connectivity index (χ3v) is 2.70. The quantitative estimate of drug-likeness (QED) is 0.628. The van der Waals surface area contributed by atoms with E-state index in [9.17, 15) is 5.11 Å². The Hall–Kier alpha value is -2.16. The Kier molecular flexibility index (Phi) is 3.19. The van der Waals surface area contributed by atoms with Crippen molar-refractivity contribution in [1.82, 2.24) is 0 Å². The fourth-order valence-corrected chi connectivity index (χ4v) is 1.76. The van der Waals surface area contributed by atoms with Crippen LogP contribution in [-0.2, 0) is 6.42 Å². The first kappa shape index (κ1) is 11.3. The maximum atomic E-state index is 9.53. The first-order chi connectivity index (χ1) is 8.20. The standard InChI is InChI=1S/C14H15NO2/c1-17-12-6-2-4-10(9-12)8-11-5-3-7-13(16)14(11)15/h2-7,9,16H,8,15H2,1H3. The zero-order valence-electron chi connectivity index (χ0n) is 9.68. The molecule has 0 aliphatic carbocycles. The minimum absolute atomic E-state index is 0.130. The largest absolute Gasteiger partial charge is 0.506 e. The molecule has 0 heterocycles. The molecule has 3 heteroatoms. The second-order valence-electron chi connectivity index (χ2n) is 3.88. The van der Waals surface area contributed by atoms with Crippen molar-refractivity contribution in [2.24, 2.45) is 0 Å². The number of phenols is 1. The first-order valence-electron chi connectivity index (χ1n) is 5.40. The van der Waals surface area contributed by atoms with Crippen LogP contribution in [0.3, 0.4) is 0 Å². The molecular weight excluding hydrogens is 214 g/mol. The smallest absolute Gasteiger partial charge is 0.138 e. The van der Waals surface area contributed by atoms with Crippen molar-refractivity contribution in [3.8, 4) is 11.5 Å². The summed E-state index contributed by atoms with van der Waals surface area (Å²) >= 11 is 0. The molecule has 17 heavy (non-hydrogen) atoms. The van der Waals surface area contributed by atoms with E-state index in [-0.39, 0.29) is 5.75 Å². The number of rotatable bonds is 3. The van der Waals surface area contributed by atoms with Gasteiger partial charge in [-0.15, -0.1) is 0 Å². The van der Waals surface area contributed by atoms with Gasteiger partial charge in [0.1, 0.15) is 11.5 Å². The van der Waals surface area contributed by atoms with E-state index in [1.807, 2.05) is 30.3 Å². The molecule has 0 saturated carbocycles. The van der Waals surface area contributed by atoms with Gasteiger partial charge in [-0.2, -0.15) is 0 Å². The monoisotopic (exact) mass is 229 g/mol. The van der Waals surface area contributed by atoms with Crippen molar-refractivity contribution < 1.29 is 9.84 Å². The molecule has 2 rings (SSSR count). The molecule has 2 aromatic rings. The number of para-hydroxylation sites is 1. The Morgan fingerprint density at radius 1 is 1.18 bits per heavy atom. The van der Waals surface area contributed by atoms with Gasteiger partial charge in [0, 0.05) is 0 Å². The second-order valence-corrected chi connectivity index (χ2v) is 3.88. The zero-order valence-corrected chi connectivity index (χ0v) is 9.68. The van der Waals surface area contributed by atoms with Crippen molar-refractivity contribution >= 4 is 5.69 Å². The lowest BCUT2D eigenvalue weighted by molar-refractivity contribution is 0.414. The van der Waals surface area contributed by atoms with Crippen molar-refractivity contribution in [3.05, 3.63) is 53.6 Å². The molecule has 0 fully saturated rings. The summed E-state index contributed by atoms with van der Waals surface area (Å²) in [4.78, 5) is 0. The molecule has 0 atom stereocenters. The Balaban J connectivity index is 2.28. The number of anilines is 1. The first-order valence-corrected chi connectivity index (χ1v) is 5.40. The van der Waals surface area contributed by atoms with Crippen LogP contribution >= 0.6 is 0 Å². The maximum absolute atomic E-state index is 9.53. The summed E-state index contributed by atoms with van der Waals surface area (Å²) in [6.07, 6.45) is 0.678. The lowest BCUT2D eigenvalue weighted by Gasteiger charge is -2.08. The van der Waals surface area contributed by atoms with E-state index in [4.69, 9.17) is 10.5 Å². The van der Waals surface area contributed by atoms with Crippen LogP contribution < -0.4 is 10.5 Å². The molecule has 0 aliphatic rings. The molecule has 0 unspecified atom stereocenters. The lowest BCUT2D eigenvalue weighted by Crippen LogP contribution is -1.96. The topological polar surface area (TPSA) is 55.5 Å². The summed E-state index contributed by atoms with van der Waals surface area (Å²) in [6.45, 7) is 0. The van der Waals surface area contributed by atoms with Gasteiger partial charge in [-0.05, 0) is 35.7 Å². The van der Waals surface area contributed by atoms with Crippen LogP contribution in [0.1, 0.15) is 11.1 Å². The highest BCUT2D eigenvalue weighted by Gasteiger charge is 2.05. The van der Waals surface area contributed by atoms with Crippen LogP contribution in [0.15, 0.2) is 42.5 Å². The van der Waals surface area contributed by atoms with Crippen LogP contribution in [0.5, 0.6) is 11.5 Å². The average Bonchev–Trinajstić information content (AvgIpc) is 2.35. The number of hydrogen-bond donors (Lipinski definition) is 2. The van der Waals surface area contributed by atoms with Gasteiger partial charge in [-0.25, -0.2) is 0 Å². The molecule has 0 amide bonds. The summed E-state index contributed by atoms with van der Waals surface area (Å²) in [5, 5.41) is 9.53. The molecule has 3 N–H and O–H groups in total. The lowest BCUT2D eigenvalue weighted by atomic mass is 10.0. The number of nitrogen functional groups attached to an aromatic ring is 1. The molecule has 0 spiro atoms. The maximum Gasteiger partial charge on any atom is 0.138 e. The number of ether oxygens (including phenoxy) is 1. The van der Waals surface area contributed by atoms with Crippen molar-refractivity contribution in [1.29, 1.82) is 0 Å². The van der Waals surface area contributed by atoms with Crippen LogP contribution in [-0.4, -0.2) is 12.2 Å². The molecule has 2 aromatic carbocycles. The molecule has 0 saturated heterocycles. The minimum atomic E-state index is 0.130. The number of methoxy groups -OCH3 is 1. The van der Waals surface area contributed by atoms with Crippen molar-refractivity contribution in [2.75, 3.05) is 12.8 Å². The van der Waals surface area contributed by atoms with Gasteiger partial charge in [-0.3, -0.25) is 0 Å². The molecule has 88 valence electrons. The average molecular weight is 229 g/mol. The SMILES string of the molecule is COc1cccc(Cc2cccc(O)c2N)c1. The second kappa shape index (κ2) is 4.78. The molecule has 0 aliphatic heterocycles. The summed E-state index contributed by atoms with van der Waals surface area (Å²) in [5.74, 6) is 0.951. The Morgan fingerprint density at radius 3 is 2.71 bits per heavy atom. The number of hydrogen-bond acceptors (Lipinski definition) is 3. The van der Waals surface area contributed by atoms with E-state index in [1.165, 1.54) is 0 Å². The van der Waals surface area contributed by atoms with E-state index >= 15 is 0 Å². The number of aromatic hydroxyl groups is 1. The number of benzene rings is 2. The van der Waals surface area contributed by atoms with E-state index in [2.05, 4.69) is 0 Å². The van der Waals surface area contributed by atoms with Crippen LogP contribution in [0.2, 0.25) is 0 Å². The van der Waals surface area contributed by atoms with Gasteiger partial charge in [0.2, 0.25) is 0 Å². The van der Waals surface area contributed by atoms with Gasteiger partial charge in [0.25, 0.3) is 0 Å². The van der Waals surface area contributed by atoms with E-state index in [1.54, 1.807) is 19.2 Å². The van der Waals surface area contributed by atoms with Gasteiger partial charge >= 0.3 is 0 Å². The van der Waals surface area contributed by atoms with Gasteiger partial charge in [-0.1, -0.05) is 24.3 Å². The molecule has 3 nitrogen and oxygen atoms in total. The highest BCUT2D eigenvalue weighted by Crippen LogP contribution is 2.26. The fraction of sp³-hybridized carbons (Fsp3) is 0.143. The highest BCUT2D eigenvalue weighted by molar-refractivity contribution is 5.58. The van der Waals surface area contributed by atoms with Crippen LogP contribution in [0.25, 0.3) is 0 Å². The normalized spacial score (nSPS) is 10.2. The fourth-order valence-electron chi connectivity index (χ4n) is 1.76. The van der Waals surface area contributed by atoms with Crippen molar-refractivity contribution in [3.63, 3.8) is 0 Å². The third-order valence-electron chi connectivity index (χ3n) is 2.70. The van der Waals surface area contributed by atoms with E-state index in [0.29, 0.717) is 12.1 Å². The number of nitrogens with two attached hydrogens (primary N) is 1. The Bertz CT molecular complexity index is 523. The van der Waals surface area contributed by atoms with E-state index in [0.717, 1.165) is 16.9 Å². The summed E-state index contributed by atoms with van der Waals surface area (Å²) < 4.78 is 5.17. The summed E-state index contributed by atoms with van der Waals surface area (Å²) in [5.41, 5.74) is 8.27. The molecule has 0 radical (unpaired) electrons. The third kappa shape index (κ3) is 2.50.